The van der Waals surface area contributed by atoms with Gasteiger partial charge in [-0.1, -0.05) is 6.07 Å². The van der Waals surface area contributed by atoms with Gasteiger partial charge in [0, 0.05) is 6.42 Å². The molecule has 1 aromatic carbocycles. The lowest BCUT2D eigenvalue weighted by atomic mass is 9.95. The molecule has 90 valence electrons. The largest absolute Gasteiger partial charge is 0.493 e. The molecule has 5 heteroatoms. The number of hydrogen-bond donors (Lipinski definition) is 1. The van der Waals surface area contributed by atoms with Crippen molar-refractivity contribution >= 4 is 11.8 Å². The average Bonchev–Trinajstić information content (AvgIpc) is 2.49. The normalized spacial score (nSPS) is 18.9. The van der Waals surface area contributed by atoms with Crippen LogP contribution in [0, 0.1) is 5.92 Å². The topological polar surface area (TPSA) is 72.8 Å². The average molecular weight is 236 g/mol. The molecule has 5 nitrogen and oxygen atoms in total. The molecule has 1 aliphatic rings. The van der Waals surface area contributed by atoms with Crippen molar-refractivity contribution in [2.75, 3.05) is 13.7 Å². The molecule has 0 bridgehead atoms. The van der Waals surface area contributed by atoms with Crippen LogP contribution in [0.15, 0.2) is 18.2 Å². The third kappa shape index (κ3) is 1.95. The first-order chi connectivity index (χ1) is 8.15. The van der Waals surface area contributed by atoms with Crippen LogP contribution in [-0.4, -0.2) is 30.6 Å². The summed E-state index contributed by atoms with van der Waals surface area (Å²) in [7, 11) is 1.48. The number of carbonyl (C=O) groups is 2. The SMILES string of the molecule is COc1cccc2c1OCCC(C(=O)O)C2=O. The Morgan fingerprint density at radius 3 is 2.94 bits per heavy atom. The van der Waals surface area contributed by atoms with Crippen molar-refractivity contribution in [2.45, 2.75) is 6.42 Å². The van der Waals surface area contributed by atoms with Crippen molar-refractivity contribution in [1.29, 1.82) is 0 Å². The molecule has 0 aromatic heterocycles. The van der Waals surface area contributed by atoms with Gasteiger partial charge in [-0.25, -0.2) is 0 Å². The molecule has 0 spiro atoms. The molecule has 0 saturated carbocycles. The number of rotatable bonds is 2. The summed E-state index contributed by atoms with van der Waals surface area (Å²) in [6, 6.07) is 4.87. The first kappa shape index (κ1) is 11.4. The second kappa shape index (κ2) is 4.45. The Labute approximate surface area is 98.0 Å². The van der Waals surface area contributed by atoms with Crippen LogP contribution in [0.5, 0.6) is 11.5 Å². The molecule has 17 heavy (non-hydrogen) atoms. The Hall–Kier alpha value is -2.04. The molecule has 1 N–H and O–H groups in total. The summed E-state index contributed by atoms with van der Waals surface area (Å²) in [6.07, 6.45) is 0.173. The van der Waals surface area contributed by atoms with E-state index in [1.54, 1.807) is 18.2 Å². The maximum atomic E-state index is 12.0. The van der Waals surface area contributed by atoms with E-state index >= 15 is 0 Å². The Kier molecular flexibility index (Phi) is 2.99. The van der Waals surface area contributed by atoms with Crippen LogP contribution in [0.25, 0.3) is 0 Å². The zero-order valence-electron chi connectivity index (χ0n) is 9.30. The van der Waals surface area contributed by atoms with Crippen LogP contribution < -0.4 is 9.47 Å². The summed E-state index contributed by atoms with van der Waals surface area (Å²) in [5, 5.41) is 8.98. The molecule has 1 atom stereocenters. The second-order valence-electron chi connectivity index (χ2n) is 3.73. The number of fused-ring (bicyclic) bond motifs is 1. The standard InChI is InChI=1S/C12H12O5/c1-16-9-4-2-3-7-10(13)8(12(14)15)5-6-17-11(7)9/h2-4,8H,5-6H2,1H3,(H,14,15). The van der Waals surface area contributed by atoms with Gasteiger partial charge in [0.25, 0.3) is 0 Å². The fourth-order valence-corrected chi connectivity index (χ4v) is 1.85. The van der Waals surface area contributed by atoms with E-state index in [1.165, 1.54) is 7.11 Å². The van der Waals surface area contributed by atoms with E-state index in [9.17, 15) is 9.59 Å². The monoisotopic (exact) mass is 236 g/mol. The number of benzene rings is 1. The van der Waals surface area contributed by atoms with Gasteiger partial charge in [-0.2, -0.15) is 0 Å². The first-order valence-electron chi connectivity index (χ1n) is 5.22. The number of carboxylic acids is 1. The number of methoxy groups -OCH3 is 1. The van der Waals surface area contributed by atoms with Gasteiger partial charge in [0.2, 0.25) is 0 Å². The van der Waals surface area contributed by atoms with Crippen LogP contribution in [0.2, 0.25) is 0 Å². The lowest BCUT2D eigenvalue weighted by Crippen LogP contribution is -2.23. The lowest BCUT2D eigenvalue weighted by Gasteiger charge is -2.10. The number of ketones is 1. The lowest BCUT2D eigenvalue weighted by molar-refractivity contribution is -0.140. The summed E-state index contributed by atoms with van der Waals surface area (Å²) in [6.45, 7) is 0.191. The molecular formula is C12H12O5. The zero-order chi connectivity index (χ0) is 12.4. The molecule has 0 aliphatic carbocycles. The summed E-state index contributed by atoms with van der Waals surface area (Å²) in [5.74, 6) is -1.80. The minimum atomic E-state index is -1.12. The Morgan fingerprint density at radius 2 is 2.29 bits per heavy atom. The number of aliphatic carboxylic acids is 1. The van der Waals surface area contributed by atoms with Gasteiger partial charge in [-0.15, -0.1) is 0 Å². The molecule has 1 heterocycles. The zero-order valence-corrected chi connectivity index (χ0v) is 9.30. The summed E-state index contributed by atoms with van der Waals surface area (Å²) >= 11 is 0. The van der Waals surface area contributed by atoms with Crippen molar-refractivity contribution in [1.82, 2.24) is 0 Å². The van der Waals surface area contributed by atoms with Gasteiger partial charge < -0.3 is 14.6 Å². The Morgan fingerprint density at radius 1 is 1.53 bits per heavy atom. The molecule has 0 radical (unpaired) electrons. The van der Waals surface area contributed by atoms with E-state index in [0.717, 1.165) is 0 Å². The maximum absolute atomic E-state index is 12.0. The van der Waals surface area contributed by atoms with Crippen molar-refractivity contribution in [3.63, 3.8) is 0 Å². The van der Waals surface area contributed by atoms with E-state index in [4.69, 9.17) is 14.6 Å². The first-order valence-corrected chi connectivity index (χ1v) is 5.22. The van der Waals surface area contributed by atoms with Crippen molar-refractivity contribution in [3.05, 3.63) is 23.8 Å². The molecule has 1 unspecified atom stereocenters. The van der Waals surface area contributed by atoms with E-state index in [2.05, 4.69) is 0 Å². The van der Waals surface area contributed by atoms with Gasteiger partial charge in [0.05, 0.1) is 19.3 Å². The highest BCUT2D eigenvalue weighted by Crippen LogP contribution is 2.35. The summed E-state index contributed by atoms with van der Waals surface area (Å²) < 4.78 is 10.5. The molecule has 2 rings (SSSR count). The van der Waals surface area contributed by atoms with Crippen LogP contribution >= 0.6 is 0 Å². The highest BCUT2D eigenvalue weighted by molar-refractivity contribution is 6.10. The minimum absolute atomic E-state index is 0.173. The van der Waals surface area contributed by atoms with E-state index in [1.807, 2.05) is 0 Å². The number of carboxylic acid groups (broad SMARTS) is 1. The van der Waals surface area contributed by atoms with Gasteiger partial charge in [-0.3, -0.25) is 9.59 Å². The fraction of sp³-hybridized carbons (Fsp3) is 0.333. The number of para-hydroxylation sites is 1. The van der Waals surface area contributed by atoms with Crippen LogP contribution in [-0.2, 0) is 4.79 Å². The molecule has 0 fully saturated rings. The van der Waals surface area contributed by atoms with Crippen LogP contribution in [0.4, 0.5) is 0 Å². The van der Waals surface area contributed by atoms with E-state index < -0.39 is 17.7 Å². The van der Waals surface area contributed by atoms with Crippen LogP contribution in [0.1, 0.15) is 16.8 Å². The van der Waals surface area contributed by atoms with Gasteiger partial charge in [0.1, 0.15) is 5.92 Å². The highest BCUT2D eigenvalue weighted by Gasteiger charge is 2.32. The quantitative estimate of drug-likeness (QED) is 0.785. The minimum Gasteiger partial charge on any atom is -0.493 e. The summed E-state index contributed by atoms with van der Waals surface area (Å²) in [4.78, 5) is 23.0. The number of hydrogen-bond acceptors (Lipinski definition) is 4. The fourth-order valence-electron chi connectivity index (χ4n) is 1.85. The number of carbonyl (C=O) groups excluding carboxylic acids is 1. The van der Waals surface area contributed by atoms with E-state index in [0.29, 0.717) is 11.5 Å². The Balaban J connectivity index is 2.49. The van der Waals surface area contributed by atoms with Crippen molar-refractivity contribution < 1.29 is 24.2 Å². The van der Waals surface area contributed by atoms with Gasteiger partial charge >= 0.3 is 5.97 Å². The highest BCUT2D eigenvalue weighted by atomic mass is 16.5. The molecule has 0 saturated heterocycles. The van der Waals surface area contributed by atoms with Gasteiger partial charge in [-0.05, 0) is 12.1 Å². The molecule has 1 aromatic rings. The smallest absolute Gasteiger partial charge is 0.314 e. The molecular weight excluding hydrogens is 224 g/mol. The number of Topliss-reactive ketones (excluding diaryl/α,β-unsaturated/α-hetero) is 1. The van der Waals surface area contributed by atoms with Gasteiger partial charge in [0.15, 0.2) is 17.3 Å². The van der Waals surface area contributed by atoms with E-state index in [-0.39, 0.29) is 18.6 Å². The predicted molar refractivity (Wildman–Crippen MR) is 58.6 cm³/mol. The maximum Gasteiger partial charge on any atom is 0.314 e. The second-order valence-corrected chi connectivity index (χ2v) is 3.73. The van der Waals surface area contributed by atoms with Crippen molar-refractivity contribution in [3.8, 4) is 11.5 Å². The predicted octanol–water partition coefficient (Wildman–Crippen LogP) is 1.36. The Bertz CT molecular complexity index is 466. The van der Waals surface area contributed by atoms with Crippen molar-refractivity contribution in [2.24, 2.45) is 5.92 Å². The third-order valence-electron chi connectivity index (χ3n) is 2.73. The molecule has 0 amide bonds. The van der Waals surface area contributed by atoms with Crippen LogP contribution in [0.3, 0.4) is 0 Å². The summed E-state index contributed by atoms with van der Waals surface area (Å²) in [5.41, 5.74) is 0.272. The molecule has 1 aliphatic heterocycles. The third-order valence-corrected chi connectivity index (χ3v) is 2.73. The number of ether oxygens (including phenoxy) is 2.